The lowest BCUT2D eigenvalue weighted by atomic mass is 10.0. The van der Waals surface area contributed by atoms with Gasteiger partial charge >= 0.3 is 19.8 Å². The number of esters is 2. The number of carbonyl (C=O) groups is 2. The Morgan fingerprint density at radius 3 is 1.79 bits per heavy atom. The molecular formula is C42H77O9P. The number of hydrogen-bond donors (Lipinski definition) is 3. The molecule has 0 radical (unpaired) electrons. The quantitative estimate of drug-likeness (QED) is 0.0186. The average Bonchev–Trinajstić information content (AvgIpc) is 3.09. The van der Waals surface area contributed by atoms with Crippen molar-refractivity contribution >= 4 is 19.8 Å². The van der Waals surface area contributed by atoms with Gasteiger partial charge in [-0.2, -0.15) is 0 Å². The molecule has 0 spiro atoms. The molecule has 0 amide bonds. The van der Waals surface area contributed by atoms with Crippen molar-refractivity contribution in [3.8, 4) is 0 Å². The van der Waals surface area contributed by atoms with Gasteiger partial charge < -0.3 is 24.4 Å². The van der Waals surface area contributed by atoms with Gasteiger partial charge in [0.05, 0.1) is 12.7 Å². The Bertz CT molecular complexity index is 973. The lowest BCUT2D eigenvalue weighted by Crippen LogP contribution is -2.29. The summed E-state index contributed by atoms with van der Waals surface area (Å²) in [5.74, 6) is -0.263. The van der Waals surface area contributed by atoms with E-state index in [9.17, 15) is 19.3 Å². The Labute approximate surface area is 317 Å². The zero-order chi connectivity index (χ0) is 38.5. The van der Waals surface area contributed by atoms with Gasteiger partial charge in [0.1, 0.15) is 6.61 Å². The summed E-state index contributed by atoms with van der Waals surface area (Å²) in [5, 5.41) is 10.2. The van der Waals surface area contributed by atoms with Crippen LogP contribution in [0.25, 0.3) is 0 Å². The van der Waals surface area contributed by atoms with Crippen LogP contribution < -0.4 is 0 Å². The van der Waals surface area contributed by atoms with Gasteiger partial charge in [-0.1, -0.05) is 173 Å². The molecule has 1 unspecified atom stereocenters. The van der Waals surface area contributed by atoms with E-state index in [1.165, 1.54) is 103 Å². The van der Waals surface area contributed by atoms with Gasteiger partial charge in [-0.15, -0.1) is 0 Å². The van der Waals surface area contributed by atoms with Crippen LogP contribution in [-0.4, -0.2) is 52.3 Å². The number of aliphatic hydroxyl groups excluding tert-OH is 1. The molecule has 0 aliphatic carbocycles. The maximum Gasteiger partial charge on any atom is 0.469 e. The molecule has 0 aromatic heterocycles. The van der Waals surface area contributed by atoms with Crippen LogP contribution in [0.2, 0.25) is 0 Å². The van der Waals surface area contributed by atoms with Crippen LogP contribution in [0.5, 0.6) is 0 Å². The number of phosphoric ester groups is 1. The van der Waals surface area contributed by atoms with Crippen LogP contribution >= 0.6 is 7.82 Å². The maximum absolute atomic E-state index is 12.4. The van der Waals surface area contributed by atoms with Crippen molar-refractivity contribution in [1.29, 1.82) is 0 Å². The minimum Gasteiger partial charge on any atom is -0.462 e. The predicted octanol–water partition coefficient (Wildman–Crippen LogP) is 11.4. The first-order valence-corrected chi connectivity index (χ1v) is 22.3. The van der Waals surface area contributed by atoms with Crippen molar-refractivity contribution in [2.24, 2.45) is 5.92 Å². The van der Waals surface area contributed by atoms with Crippen LogP contribution in [0.15, 0.2) is 36.5 Å². The van der Waals surface area contributed by atoms with Crippen LogP contribution in [0, 0.1) is 5.92 Å². The highest BCUT2D eigenvalue weighted by atomic mass is 31.2. The number of aliphatic hydroxyl groups is 1. The average molecular weight is 757 g/mol. The third-order valence-corrected chi connectivity index (χ3v) is 9.43. The molecule has 0 aromatic rings. The van der Waals surface area contributed by atoms with E-state index in [1.54, 1.807) is 12.2 Å². The minimum absolute atomic E-state index is 0.0444. The van der Waals surface area contributed by atoms with E-state index >= 15 is 0 Å². The largest absolute Gasteiger partial charge is 0.469 e. The molecular weight excluding hydrogens is 679 g/mol. The van der Waals surface area contributed by atoms with Crippen molar-refractivity contribution in [2.45, 2.75) is 200 Å². The molecule has 0 saturated heterocycles. The van der Waals surface area contributed by atoms with Gasteiger partial charge in [0, 0.05) is 12.8 Å². The molecule has 0 aliphatic rings. The monoisotopic (exact) mass is 757 g/mol. The minimum atomic E-state index is -4.80. The molecule has 0 rings (SSSR count). The molecule has 52 heavy (non-hydrogen) atoms. The van der Waals surface area contributed by atoms with Crippen LogP contribution in [0.1, 0.15) is 188 Å². The second-order valence-corrected chi connectivity index (χ2v) is 15.9. The molecule has 0 saturated carbocycles. The topological polar surface area (TPSA) is 140 Å². The normalized spacial score (nSPS) is 13.5. The molecule has 10 heteroatoms. The summed E-state index contributed by atoms with van der Waals surface area (Å²) in [6.07, 6.45) is 37.6. The number of carbonyl (C=O) groups excluding carboxylic acids is 2. The zero-order valence-electron chi connectivity index (χ0n) is 33.2. The molecule has 0 bridgehead atoms. The zero-order valence-corrected chi connectivity index (χ0v) is 34.1. The lowest BCUT2D eigenvalue weighted by molar-refractivity contribution is -0.161. The standard InChI is InChI=1S/C42H77O9P/c1-4-5-6-7-8-9-10-12-16-19-22-25-28-32-39(43)33-30-35-41(44)49-36-40(37-50-52(46,47)48)51-42(45)34-29-26-23-20-17-14-11-13-15-18-21-24-27-31-38(2)3/h12,16,22,25,28,32,38-40,43H,4-11,13-15,17-21,23-24,26-27,29-31,33-37H2,1-3H3,(H2,46,47,48)/b16-12+,25-22+,32-28+/t39?,40-/m1/s1. The molecule has 0 fully saturated rings. The summed E-state index contributed by atoms with van der Waals surface area (Å²) in [6.45, 7) is 5.85. The number of unbranched alkanes of at least 4 members (excludes halogenated alkanes) is 18. The van der Waals surface area contributed by atoms with E-state index < -0.39 is 38.6 Å². The molecule has 9 nitrogen and oxygen atoms in total. The Kier molecular flexibility index (Phi) is 35.0. The fourth-order valence-electron chi connectivity index (χ4n) is 5.80. The van der Waals surface area contributed by atoms with Gasteiger partial charge in [-0.05, 0) is 44.4 Å². The number of allylic oxidation sites excluding steroid dienone is 5. The predicted molar refractivity (Wildman–Crippen MR) is 213 cm³/mol. The molecule has 0 aliphatic heterocycles. The summed E-state index contributed by atoms with van der Waals surface area (Å²) in [6, 6.07) is 0. The molecule has 3 N–H and O–H groups in total. The van der Waals surface area contributed by atoms with Gasteiger partial charge in [0.25, 0.3) is 0 Å². The molecule has 2 atom stereocenters. The fourth-order valence-corrected chi connectivity index (χ4v) is 6.16. The highest BCUT2D eigenvalue weighted by Gasteiger charge is 2.23. The van der Waals surface area contributed by atoms with Crippen molar-refractivity contribution in [1.82, 2.24) is 0 Å². The fraction of sp³-hybridized carbons (Fsp3) is 0.810. The van der Waals surface area contributed by atoms with Crippen molar-refractivity contribution in [2.75, 3.05) is 13.2 Å². The van der Waals surface area contributed by atoms with E-state index in [0.29, 0.717) is 19.3 Å². The van der Waals surface area contributed by atoms with Crippen molar-refractivity contribution in [3.63, 3.8) is 0 Å². The highest BCUT2D eigenvalue weighted by molar-refractivity contribution is 7.46. The van der Waals surface area contributed by atoms with E-state index in [0.717, 1.165) is 38.0 Å². The molecule has 304 valence electrons. The maximum atomic E-state index is 12.4. The van der Waals surface area contributed by atoms with Crippen molar-refractivity contribution < 1.29 is 43.0 Å². The third kappa shape index (κ3) is 39.4. The Morgan fingerprint density at radius 2 is 1.19 bits per heavy atom. The first-order chi connectivity index (χ1) is 25.0. The van der Waals surface area contributed by atoms with Crippen LogP contribution in [0.4, 0.5) is 0 Å². The summed E-state index contributed by atoms with van der Waals surface area (Å²) in [5.41, 5.74) is 0. The van der Waals surface area contributed by atoms with E-state index in [-0.39, 0.29) is 19.4 Å². The van der Waals surface area contributed by atoms with E-state index in [1.807, 2.05) is 12.2 Å². The number of rotatable bonds is 37. The summed E-state index contributed by atoms with van der Waals surface area (Å²) in [7, 11) is -4.80. The molecule has 0 heterocycles. The highest BCUT2D eigenvalue weighted by Crippen LogP contribution is 2.36. The van der Waals surface area contributed by atoms with Crippen LogP contribution in [-0.2, 0) is 28.2 Å². The third-order valence-electron chi connectivity index (χ3n) is 8.94. The lowest BCUT2D eigenvalue weighted by Gasteiger charge is -2.18. The second kappa shape index (κ2) is 36.2. The summed E-state index contributed by atoms with van der Waals surface area (Å²) >= 11 is 0. The summed E-state index contributed by atoms with van der Waals surface area (Å²) in [4.78, 5) is 42.8. The van der Waals surface area contributed by atoms with Gasteiger partial charge in [-0.3, -0.25) is 14.1 Å². The van der Waals surface area contributed by atoms with Gasteiger partial charge in [0.15, 0.2) is 6.10 Å². The number of phosphoric acid groups is 1. The van der Waals surface area contributed by atoms with Crippen molar-refractivity contribution in [3.05, 3.63) is 36.5 Å². The second-order valence-electron chi connectivity index (χ2n) is 14.6. The van der Waals surface area contributed by atoms with E-state index in [2.05, 4.69) is 37.4 Å². The Morgan fingerprint density at radius 1 is 0.635 bits per heavy atom. The van der Waals surface area contributed by atoms with Gasteiger partial charge in [-0.25, -0.2) is 4.57 Å². The Balaban J connectivity index is 4.10. The Hall–Kier alpha value is -1.77. The smallest absolute Gasteiger partial charge is 0.462 e. The first kappa shape index (κ1) is 50.2. The SMILES string of the molecule is CCCCCCCC/C=C/C/C=C/C=C/C(O)CCCC(=O)OC[C@H](COP(=O)(O)O)OC(=O)CCCCCCCCCCCCCCCC(C)C. The van der Waals surface area contributed by atoms with Gasteiger partial charge in [0.2, 0.25) is 0 Å². The van der Waals surface area contributed by atoms with Crippen LogP contribution in [0.3, 0.4) is 0 Å². The number of hydrogen-bond acceptors (Lipinski definition) is 7. The first-order valence-electron chi connectivity index (χ1n) is 20.7. The summed E-state index contributed by atoms with van der Waals surface area (Å²) < 4.78 is 26.3. The van der Waals surface area contributed by atoms with E-state index in [4.69, 9.17) is 19.3 Å². The molecule has 0 aromatic carbocycles. The number of ether oxygens (including phenoxy) is 2.